The number of carbonyl (C=O) groups excluding carboxylic acids is 3. The molecule has 1 aromatic heterocycles. The van der Waals surface area contributed by atoms with Gasteiger partial charge >= 0.3 is 0 Å². The van der Waals surface area contributed by atoms with Gasteiger partial charge < -0.3 is 5.32 Å². The molecular formula is C11H12N2O3S. The van der Waals surface area contributed by atoms with Gasteiger partial charge in [0.1, 0.15) is 6.04 Å². The SMILES string of the molecule is CC(=O)N[C@H](CC(=O)c1cccnc1)C(=O)S. The van der Waals surface area contributed by atoms with Crippen LogP contribution in [0.1, 0.15) is 23.7 Å². The molecule has 1 amide bonds. The van der Waals surface area contributed by atoms with E-state index in [1.807, 2.05) is 0 Å². The molecule has 0 spiro atoms. The molecule has 0 saturated heterocycles. The zero-order valence-electron chi connectivity index (χ0n) is 9.21. The molecule has 1 aromatic rings. The van der Waals surface area contributed by atoms with Crippen LogP contribution in [0.5, 0.6) is 0 Å². The van der Waals surface area contributed by atoms with Gasteiger partial charge in [-0.3, -0.25) is 19.4 Å². The van der Waals surface area contributed by atoms with Gasteiger partial charge in [0.15, 0.2) is 5.78 Å². The number of hydrogen-bond donors (Lipinski definition) is 2. The third-order valence-electron chi connectivity index (χ3n) is 2.05. The van der Waals surface area contributed by atoms with E-state index < -0.39 is 11.2 Å². The number of pyridine rings is 1. The lowest BCUT2D eigenvalue weighted by Gasteiger charge is -2.12. The summed E-state index contributed by atoms with van der Waals surface area (Å²) in [5.41, 5.74) is 0.400. The topological polar surface area (TPSA) is 76.1 Å². The van der Waals surface area contributed by atoms with Crippen molar-refractivity contribution in [3.8, 4) is 0 Å². The molecule has 0 fully saturated rings. The van der Waals surface area contributed by atoms with Crippen molar-refractivity contribution in [1.82, 2.24) is 10.3 Å². The summed E-state index contributed by atoms with van der Waals surface area (Å²) in [6.45, 7) is 1.28. The van der Waals surface area contributed by atoms with Crippen molar-refractivity contribution < 1.29 is 14.4 Å². The predicted octanol–water partition coefficient (Wildman–Crippen LogP) is 0.616. The van der Waals surface area contributed by atoms with Gasteiger partial charge in [-0.25, -0.2) is 0 Å². The first-order chi connectivity index (χ1) is 8.00. The Morgan fingerprint density at radius 2 is 2.18 bits per heavy atom. The van der Waals surface area contributed by atoms with Crippen LogP contribution in [0.3, 0.4) is 0 Å². The molecule has 1 rings (SSSR count). The van der Waals surface area contributed by atoms with Gasteiger partial charge in [0, 0.05) is 31.3 Å². The molecule has 6 heteroatoms. The molecule has 0 bridgehead atoms. The van der Waals surface area contributed by atoms with Gasteiger partial charge in [0.2, 0.25) is 11.0 Å². The van der Waals surface area contributed by atoms with Crippen molar-refractivity contribution in [1.29, 1.82) is 0 Å². The normalized spacial score (nSPS) is 11.6. The van der Waals surface area contributed by atoms with E-state index in [2.05, 4.69) is 22.9 Å². The van der Waals surface area contributed by atoms with Gasteiger partial charge in [0.25, 0.3) is 0 Å². The highest BCUT2D eigenvalue weighted by molar-refractivity contribution is 7.96. The molecule has 0 radical (unpaired) electrons. The number of Topliss-reactive ketones (excluding diaryl/α,β-unsaturated/α-hetero) is 1. The van der Waals surface area contributed by atoms with Gasteiger partial charge in [-0.15, -0.1) is 12.6 Å². The van der Waals surface area contributed by atoms with E-state index in [1.54, 1.807) is 18.3 Å². The summed E-state index contributed by atoms with van der Waals surface area (Å²) in [6.07, 6.45) is 2.84. The van der Waals surface area contributed by atoms with Gasteiger partial charge in [-0.05, 0) is 12.1 Å². The Labute approximate surface area is 104 Å². The minimum absolute atomic E-state index is 0.117. The van der Waals surface area contributed by atoms with Crippen LogP contribution in [0.15, 0.2) is 24.5 Å². The van der Waals surface area contributed by atoms with Crippen molar-refractivity contribution in [2.45, 2.75) is 19.4 Å². The lowest BCUT2D eigenvalue weighted by molar-refractivity contribution is -0.122. The smallest absolute Gasteiger partial charge is 0.217 e. The molecular weight excluding hydrogens is 240 g/mol. The fourth-order valence-corrected chi connectivity index (χ4v) is 1.43. The second-order valence-corrected chi connectivity index (χ2v) is 3.90. The van der Waals surface area contributed by atoms with E-state index in [-0.39, 0.29) is 18.1 Å². The highest BCUT2D eigenvalue weighted by atomic mass is 32.1. The third kappa shape index (κ3) is 4.36. The van der Waals surface area contributed by atoms with Gasteiger partial charge in [-0.2, -0.15) is 0 Å². The van der Waals surface area contributed by atoms with Crippen LogP contribution in [0.25, 0.3) is 0 Å². The van der Waals surface area contributed by atoms with Crippen LogP contribution >= 0.6 is 12.6 Å². The van der Waals surface area contributed by atoms with Crippen LogP contribution in [-0.2, 0) is 9.59 Å². The van der Waals surface area contributed by atoms with E-state index in [9.17, 15) is 14.4 Å². The molecule has 0 aromatic carbocycles. The summed E-state index contributed by atoms with van der Waals surface area (Å²) in [5, 5.41) is 1.83. The van der Waals surface area contributed by atoms with Crippen LogP contribution in [0.2, 0.25) is 0 Å². The molecule has 0 aliphatic heterocycles. The Kier molecular flexibility index (Phi) is 4.84. The monoisotopic (exact) mass is 252 g/mol. The molecule has 1 heterocycles. The quantitative estimate of drug-likeness (QED) is 0.595. The zero-order valence-corrected chi connectivity index (χ0v) is 10.1. The standard InChI is InChI=1S/C11H12N2O3S/c1-7(14)13-9(11(16)17)5-10(15)8-3-2-4-12-6-8/h2-4,6,9H,5H2,1H3,(H,13,14)(H,16,17)/t9-/m1/s1. The highest BCUT2D eigenvalue weighted by Gasteiger charge is 2.20. The van der Waals surface area contributed by atoms with Gasteiger partial charge in [-0.1, -0.05) is 0 Å². The average Bonchev–Trinajstić information content (AvgIpc) is 2.28. The number of ketones is 1. The minimum atomic E-state index is -0.900. The number of amides is 1. The fraction of sp³-hybridized carbons (Fsp3) is 0.273. The Hall–Kier alpha value is -1.69. The lowest BCUT2D eigenvalue weighted by Crippen LogP contribution is -2.39. The fourth-order valence-electron chi connectivity index (χ4n) is 1.28. The first kappa shape index (κ1) is 13.4. The Morgan fingerprint density at radius 3 is 2.65 bits per heavy atom. The Morgan fingerprint density at radius 1 is 1.47 bits per heavy atom. The van der Waals surface area contributed by atoms with Gasteiger partial charge in [0.05, 0.1) is 0 Å². The Balaban J connectivity index is 2.71. The van der Waals surface area contributed by atoms with Crippen LogP contribution in [0.4, 0.5) is 0 Å². The summed E-state index contributed by atoms with van der Waals surface area (Å²) >= 11 is 3.63. The maximum Gasteiger partial charge on any atom is 0.217 e. The van der Waals surface area contributed by atoms with Crippen LogP contribution in [-0.4, -0.2) is 27.8 Å². The molecule has 0 aliphatic carbocycles. The number of nitrogens with one attached hydrogen (secondary N) is 1. The number of aromatic nitrogens is 1. The lowest BCUT2D eigenvalue weighted by atomic mass is 10.1. The summed E-state index contributed by atoms with van der Waals surface area (Å²) in [5.74, 6) is -0.643. The minimum Gasteiger partial charge on any atom is -0.345 e. The summed E-state index contributed by atoms with van der Waals surface area (Å²) in [6, 6.07) is 2.33. The second kappa shape index (κ2) is 6.15. The summed E-state index contributed by atoms with van der Waals surface area (Å²) < 4.78 is 0. The predicted molar refractivity (Wildman–Crippen MR) is 64.8 cm³/mol. The largest absolute Gasteiger partial charge is 0.345 e. The van der Waals surface area contributed by atoms with Crippen molar-refractivity contribution in [2.24, 2.45) is 0 Å². The highest BCUT2D eigenvalue weighted by Crippen LogP contribution is 2.06. The van der Waals surface area contributed by atoms with E-state index in [0.29, 0.717) is 5.56 Å². The number of thiol groups is 1. The van der Waals surface area contributed by atoms with Crippen molar-refractivity contribution in [2.75, 3.05) is 0 Å². The van der Waals surface area contributed by atoms with Crippen molar-refractivity contribution in [3.63, 3.8) is 0 Å². The maximum atomic E-state index is 11.8. The number of carbonyl (C=O) groups is 3. The number of rotatable bonds is 5. The maximum absolute atomic E-state index is 11.8. The first-order valence-electron chi connectivity index (χ1n) is 4.94. The van der Waals surface area contributed by atoms with E-state index in [1.165, 1.54) is 13.1 Å². The van der Waals surface area contributed by atoms with E-state index in [4.69, 9.17) is 0 Å². The molecule has 90 valence electrons. The number of nitrogens with zero attached hydrogens (tertiary/aromatic N) is 1. The summed E-state index contributed by atoms with van der Waals surface area (Å²) in [4.78, 5) is 37.6. The molecule has 0 aliphatic rings. The Bertz CT molecular complexity index is 434. The zero-order chi connectivity index (χ0) is 12.8. The van der Waals surface area contributed by atoms with Crippen molar-refractivity contribution in [3.05, 3.63) is 30.1 Å². The van der Waals surface area contributed by atoms with Crippen molar-refractivity contribution >= 4 is 29.4 Å². The molecule has 1 atom stereocenters. The molecule has 1 N–H and O–H groups in total. The molecule has 0 unspecified atom stereocenters. The average molecular weight is 252 g/mol. The second-order valence-electron chi connectivity index (χ2n) is 3.46. The molecule has 0 saturated carbocycles. The van der Waals surface area contributed by atoms with E-state index in [0.717, 1.165) is 0 Å². The third-order valence-corrected chi connectivity index (χ3v) is 2.36. The van der Waals surface area contributed by atoms with Crippen LogP contribution in [0, 0.1) is 0 Å². The number of hydrogen-bond acceptors (Lipinski definition) is 4. The van der Waals surface area contributed by atoms with E-state index >= 15 is 0 Å². The summed E-state index contributed by atoms with van der Waals surface area (Å²) in [7, 11) is 0. The molecule has 17 heavy (non-hydrogen) atoms. The first-order valence-corrected chi connectivity index (χ1v) is 5.38. The van der Waals surface area contributed by atoms with Crippen LogP contribution < -0.4 is 5.32 Å². The molecule has 5 nitrogen and oxygen atoms in total.